The van der Waals surface area contributed by atoms with Crippen molar-refractivity contribution in [2.45, 2.75) is 59.2 Å². The number of benzene rings is 1. The molecule has 1 unspecified atom stereocenters. The zero-order valence-corrected chi connectivity index (χ0v) is 15.5. The number of ether oxygens (including phenoxy) is 1. The van der Waals surface area contributed by atoms with E-state index in [-0.39, 0.29) is 29.7 Å². The molecule has 1 aromatic carbocycles. The topological polar surface area (TPSA) is 82.0 Å². The predicted octanol–water partition coefficient (Wildman–Crippen LogP) is 3.39. The Kier molecular flexibility index (Phi) is 6.90. The molecule has 1 rings (SSSR count). The molecule has 136 valence electrons. The van der Waals surface area contributed by atoms with Gasteiger partial charge < -0.3 is 25.2 Å². The summed E-state index contributed by atoms with van der Waals surface area (Å²) in [5.74, 6) is 0.0886. The van der Waals surface area contributed by atoms with Crippen LogP contribution in [0.5, 0.6) is 11.5 Å². The molecule has 0 bridgehead atoms. The van der Waals surface area contributed by atoms with E-state index >= 15 is 0 Å². The van der Waals surface area contributed by atoms with Crippen molar-refractivity contribution in [3.63, 3.8) is 0 Å². The first-order valence-electron chi connectivity index (χ1n) is 8.26. The van der Waals surface area contributed by atoms with E-state index in [0.717, 1.165) is 0 Å². The summed E-state index contributed by atoms with van der Waals surface area (Å²) in [4.78, 5) is 13.9. The van der Waals surface area contributed by atoms with E-state index in [2.05, 4.69) is 5.32 Å². The second-order valence-electron chi connectivity index (χ2n) is 7.15. The number of carbonyl (C=O) groups is 1. The lowest BCUT2D eigenvalue weighted by atomic mass is 10.1. The predicted molar refractivity (Wildman–Crippen MR) is 94.3 cm³/mol. The van der Waals surface area contributed by atoms with Crippen LogP contribution in [-0.2, 0) is 4.74 Å². The van der Waals surface area contributed by atoms with Crippen molar-refractivity contribution in [2.24, 2.45) is 0 Å². The van der Waals surface area contributed by atoms with Crippen LogP contribution in [0.1, 0.15) is 53.1 Å². The SMILES string of the molecule is CC(NCCN(C(=O)OC(C)(C)C)C(C)C)c1c(O)cccc1O. The van der Waals surface area contributed by atoms with Crippen LogP contribution in [0.15, 0.2) is 18.2 Å². The molecule has 0 spiro atoms. The Morgan fingerprint density at radius 2 is 1.75 bits per heavy atom. The van der Waals surface area contributed by atoms with Crippen molar-refractivity contribution in [1.29, 1.82) is 0 Å². The van der Waals surface area contributed by atoms with Crippen LogP contribution in [0.25, 0.3) is 0 Å². The molecule has 0 radical (unpaired) electrons. The third kappa shape index (κ3) is 5.92. The zero-order chi connectivity index (χ0) is 18.5. The highest BCUT2D eigenvalue weighted by molar-refractivity contribution is 5.68. The maximum atomic E-state index is 12.3. The fourth-order valence-electron chi connectivity index (χ4n) is 2.37. The van der Waals surface area contributed by atoms with Crippen LogP contribution in [-0.4, -0.2) is 45.9 Å². The molecule has 1 aromatic rings. The van der Waals surface area contributed by atoms with Gasteiger partial charge >= 0.3 is 6.09 Å². The normalized spacial score (nSPS) is 13.0. The zero-order valence-electron chi connectivity index (χ0n) is 15.5. The Morgan fingerprint density at radius 3 is 2.21 bits per heavy atom. The molecule has 0 aliphatic carbocycles. The lowest BCUT2D eigenvalue weighted by Gasteiger charge is -2.30. The monoisotopic (exact) mass is 338 g/mol. The lowest BCUT2D eigenvalue weighted by molar-refractivity contribution is 0.0192. The summed E-state index contributed by atoms with van der Waals surface area (Å²) in [5, 5.41) is 23.0. The highest BCUT2D eigenvalue weighted by Crippen LogP contribution is 2.31. The summed E-state index contributed by atoms with van der Waals surface area (Å²) >= 11 is 0. The van der Waals surface area contributed by atoms with Gasteiger partial charge in [-0.15, -0.1) is 0 Å². The van der Waals surface area contributed by atoms with Crippen molar-refractivity contribution in [2.75, 3.05) is 13.1 Å². The molecule has 0 saturated carbocycles. The Hall–Kier alpha value is -1.95. The number of rotatable bonds is 6. The molecule has 0 aliphatic rings. The van der Waals surface area contributed by atoms with Crippen LogP contribution >= 0.6 is 0 Å². The van der Waals surface area contributed by atoms with Gasteiger partial charge in [-0.25, -0.2) is 4.79 Å². The lowest BCUT2D eigenvalue weighted by Crippen LogP contribution is -2.44. The molecule has 0 aliphatic heterocycles. The molecular weight excluding hydrogens is 308 g/mol. The first kappa shape index (κ1) is 20.1. The molecule has 1 atom stereocenters. The number of nitrogens with one attached hydrogen (secondary N) is 1. The first-order chi connectivity index (χ1) is 11.0. The van der Waals surface area contributed by atoms with Gasteiger partial charge in [0, 0.05) is 25.2 Å². The number of aromatic hydroxyl groups is 2. The van der Waals surface area contributed by atoms with E-state index < -0.39 is 5.60 Å². The van der Waals surface area contributed by atoms with Crippen LogP contribution < -0.4 is 5.32 Å². The second kappa shape index (κ2) is 8.24. The van der Waals surface area contributed by atoms with Gasteiger partial charge in [0.2, 0.25) is 0 Å². The van der Waals surface area contributed by atoms with E-state index in [0.29, 0.717) is 18.7 Å². The van der Waals surface area contributed by atoms with Gasteiger partial charge in [-0.05, 0) is 53.7 Å². The molecule has 24 heavy (non-hydrogen) atoms. The standard InChI is InChI=1S/C18H30N2O4/c1-12(2)20(17(23)24-18(4,5)6)11-10-19-13(3)16-14(21)8-7-9-15(16)22/h7-9,12-13,19,21-22H,10-11H2,1-6H3. The Labute approximate surface area is 144 Å². The summed E-state index contributed by atoms with van der Waals surface area (Å²) in [5.41, 5.74) is -0.0853. The molecule has 3 N–H and O–H groups in total. The Balaban J connectivity index is 2.64. The van der Waals surface area contributed by atoms with Gasteiger partial charge in [-0.1, -0.05) is 6.07 Å². The summed E-state index contributed by atoms with van der Waals surface area (Å²) < 4.78 is 5.42. The van der Waals surface area contributed by atoms with E-state index in [9.17, 15) is 15.0 Å². The van der Waals surface area contributed by atoms with Gasteiger partial charge in [0.25, 0.3) is 0 Å². The third-order valence-electron chi connectivity index (χ3n) is 3.55. The van der Waals surface area contributed by atoms with Crippen molar-refractivity contribution in [1.82, 2.24) is 10.2 Å². The summed E-state index contributed by atoms with van der Waals surface area (Å²) in [6, 6.07) is 4.42. The van der Waals surface area contributed by atoms with Gasteiger partial charge in [0.1, 0.15) is 17.1 Å². The number of phenolic OH excluding ortho intramolecular Hbond substituents is 2. The van der Waals surface area contributed by atoms with Crippen LogP contribution in [0.4, 0.5) is 4.79 Å². The fourth-order valence-corrected chi connectivity index (χ4v) is 2.37. The van der Waals surface area contributed by atoms with Crippen molar-refractivity contribution in [3.8, 4) is 11.5 Å². The maximum absolute atomic E-state index is 12.3. The van der Waals surface area contributed by atoms with Gasteiger partial charge in [-0.3, -0.25) is 0 Å². The average Bonchev–Trinajstić information content (AvgIpc) is 2.40. The van der Waals surface area contributed by atoms with E-state index in [1.54, 1.807) is 11.0 Å². The van der Waals surface area contributed by atoms with Crippen molar-refractivity contribution < 1.29 is 19.7 Å². The molecule has 1 amide bonds. The van der Waals surface area contributed by atoms with E-state index in [1.165, 1.54) is 12.1 Å². The smallest absolute Gasteiger partial charge is 0.410 e. The van der Waals surface area contributed by atoms with Crippen LogP contribution in [0, 0.1) is 0 Å². The van der Waals surface area contributed by atoms with E-state index in [4.69, 9.17) is 4.74 Å². The Bertz CT molecular complexity index is 532. The van der Waals surface area contributed by atoms with Crippen LogP contribution in [0.2, 0.25) is 0 Å². The summed E-state index contributed by atoms with van der Waals surface area (Å²) in [6.45, 7) is 12.2. The molecule has 0 heterocycles. The maximum Gasteiger partial charge on any atom is 0.410 e. The first-order valence-corrected chi connectivity index (χ1v) is 8.26. The number of phenols is 2. The highest BCUT2D eigenvalue weighted by atomic mass is 16.6. The number of nitrogens with zero attached hydrogens (tertiary/aromatic N) is 1. The van der Waals surface area contributed by atoms with Crippen molar-refractivity contribution >= 4 is 6.09 Å². The molecular formula is C18H30N2O4. The summed E-state index contributed by atoms with van der Waals surface area (Å²) in [7, 11) is 0. The third-order valence-corrected chi connectivity index (χ3v) is 3.55. The quantitative estimate of drug-likeness (QED) is 0.740. The Morgan fingerprint density at radius 1 is 1.21 bits per heavy atom. The minimum absolute atomic E-state index is 0.00971. The number of hydrogen-bond donors (Lipinski definition) is 3. The molecule has 6 heteroatoms. The number of carbonyl (C=O) groups excluding carboxylic acids is 1. The molecule has 0 saturated heterocycles. The van der Waals surface area contributed by atoms with Gasteiger partial charge in [0.15, 0.2) is 0 Å². The van der Waals surface area contributed by atoms with E-state index in [1.807, 2.05) is 41.5 Å². The second-order valence-corrected chi connectivity index (χ2v) is 7.15. The highest BCUT2D eigenvalue weighted by Gasteiger charge is 2.24. The summed E-state index contributed by atoms with van der Waals surface area (Å²) in [6.07, 6.45) is -0.350. The number of amides is 1. The largest absolute Gasteiger partial charge is 0.507 e. The minimum atomic E-state index is -0.535. The van der Waals surface area contributed by atoms with Crippen LogP contribution in [0.3, 0.4) is 0 Å². The molecule has 0 aromatic heterocycles. The van der Waals surface area contributed by atoms with Crippen molar-refractivity contribution in [3.05, 3.63) is 23.8 Å². The molecule has 0 fully saturated rings. The van der Waals surface area contributed by atoms with Gasteiger partial charge in [0.05, 0.1) is 5.56 Å². The molecule has 6 nitrogen and oxygen atoms in total. The minimum Gasteiger partial charge on any atom is -0.507 e. The number of hydrogen-bond acceptors (Lipinski definition) is 5. The fraction of sp³-hybridized carbons (Fsp3) is 0.611. The van der Waals surface area contributed by atoms with Gasteiger partial charge in [-0.2, -0.15) is 0 Å². The average molecular weight is 338 g/mol.